The highest BCUT2D eigenvalue weighted by Gasteiger charge is 2.21. The van der Waals surface area contributed by atoms with Crippen molar-refractivity contribution in [3.63, 3.8) is 0 Å². The molecule has 1 aliphatic rings. The first-order valence-corrected chi connectivity index (χ1v) is 9.25. The van der Waals surface area contributed by atoms with Gasteiger partial charge in [-0.2, -0.15) is 0 Å². The second kappa shape index (κ2) is 7.90. The van der Waals surface area contributed by atoms with Crippen molar-refractivity contribution in [3.8, 4) is 11.3 Å². The molecule has 0 saturated heterocycles. The average Bonchev–Trinajstić information content (AvgIpc) is 3.00. The van der Waals surface area contributed by atoms with Crippen molar-refractivity contribution in [2.24, 2.45) is 0 Å². The average molecular weight is 397 g/mol. The van der Waals surface area contributed by atoms with E-state index in [-0.39, 0.29) is 5.57 Å². The van der Waals surface area contributed by atoms with Crippen LogP contribution in [0.2, 0.25) is 0 Å². The number of hydrogen-bond acceptors (Lipinski definition) is 4. The molecule has 0 bridgehead atoms. The topological polar surface area (TPSA) is 66.6 Å². The zero-order chi connectivity index (χ0) is 20.4. The maximum absolute atomic E-state index is 11.2. The summed E-state index contributed by atoms with van der Waals surface area (Å²) in [5, 5.41) is 9.63. The van der Waals surface area contributed by atoms with Gasteiger partial charge < -0.3 is 14.4 Å². The summed E-state index contributed by atoms with van der Waals surface area (Å²) in [5.41, 5.74) is 4.20. The number of hydrogen-bond donors (Lipinski definition) is 1. The molecule has 2 aromatic rings. The predicted molar refractivity (Wildman–Crippen MR) is 110 cm³/mol. The van der Waals surface area contributed by atoms with Crippen LogP contribution >= 0.6 is 11.6 Å². The number of carboxylic acid groups (broad SMARTS) is 1. The standard InChI is InChI=1S/C22H21ClN2O3/c1-5-17(21(23)25-11-10-16(22(26)27)12-13(25)2)18-8-6-7-9-19(18)20-14(3)24-15(4)28-20/h6-12H,2,5H2,1,3-4H3,(H,26,27)/b21-17+. The minimum absolute atomic E-state index is 0.164. The van der Waals surface area contributed by atoms with E-state index in [0.29, 0.717) is 28.9 Å². The van der Waals surface area contributed by atoms with Gasteiger partial charge in [0.25, 0.3) is 0 Å². The van der Waals surface area contributed by atoms with E-state index in [0.717, 1.165) is 22.4 Å². The minimum atomic E-state index is -1.01. The van der Waals surface area contributed by atoms with Gasteiger partial charge in [-0.1, -0.05) is 49.4 Å². The third kappa shape index (κ3) is 3.66. The van der Waals surface area contributed by atoms with E-state index in [4.69, 9.17) is 21.1 Å². The van der Waals surface area contributed by atoms with Gasteiger partial charge in [0.05, 0.1) is 11.3 Å². The Balaban J connectivity index is 2.10. The molecule has 1 aromatic carbocycles. The quantitative estimate of drug-likeness (QED) is 0.663. The summed E-state index contributed by atoms with van der Waals surface area (Å²) in [7, 11) is 0. The van der Waals surface area contributed by atoms with Crippen LogP contribution in [0.15, 0.2) is 70.0 Å². The molecule has 1 aliphatic heterocycles. The second-order valence-electron chi connectivity index (χ2n) is 6.40. The van der Waals surface area contributed by atoms with Crippen LogP contribution in [0.3, 0.4) is 0 Å². The zero-order valence-corrected chi connectivity index (χ0v) is 16.7. The molecular weight excluding hydrogens is 376 g/mol. The lowest BCUT2D eigenvalue weighted by atomic mass is 9.96. The van der Waals surface area contributed by atoms with Crippen molar-refractivity contribution in [2.75, 3.05) is 0 Å². The SMILES string of the molecule is C=C1C=C(C(=O)O)C=CN1/C(Cl)=C(\CC)c1ccccc1-c1oc(C)nc1C. The van der Waals surface area contributed by atoms with Crippen LogP contribution in [0.1, 0.15) is 30.5 Å². The van der Waals surface area contributed by atoms with Crippen LogP contribution in [0.25, 0.3) is 16.9 Å². The van der Waals surface area contributed by atoms with Crippen molar-refractivity contribution in [2.45, 2.75) is 27.2 Å². The van der Waals surface area contributed by atoms with Gasteiger partial charge in [0.15, 0.2) is 11.7 Å². The lowest BCUT2D eigenvalue weighted by molar-refractivity contribution is -0.132. The molecule has 0 spiro atoms. The van der Waals surface area contributed by atoms with E-state index in [1.165, 1.54) is 12.2 Å². The summed E-state index contributed by atoms with van der Waals surface area (Å²) in [5.74, 6) is 0.313. The Bertz CT molecular complexity index is 1040. The third-order valence-corrected chi connectivity index (χ3v) is 4.91. The molecule has 1 aromatic heterocycles. The smallest absolute Gasteiger partial charge is 0.335 e. The Hall–Kier alpha value is -3.05. The summed E-state index contributed by atoms with van der Waals surface area (Å²) >= 11 is 6.76. The molecule has 2 heterocycles. The van der Waals surface area contributed by atoms with Crippen molar-refractivity contribution in [1.29, 1.82) is 0 Å². The van der Waals surface area contributed by atoms with E-state index in [9.17, 15) is 4.79 Å². The molecule has 0 atom stereocenters. The fourth-order valence-corrected chi connectivity index (χ4v) is 3.59. The molecule has 5 nitrogen and oxygen atoms in total. The number of benzene rings is 1. The number of aliphatic carboxylic acids is 1. The molecule has 144 valence electrons. The Labute approximate surface area is 169 Å². The van der Waals surface area contributed by atoms with Crippen LogP contribution in [0.4, 0.5) is 0 Å². The summed E-state index contributed by atoms with van der Waals surface area (Å²) in [6.07, 6.45) is 5.28. The van der Waals surface area contributed by atoms with Gasteiger partial charge in [-0.25, -0.2) is 9.78 Å². The number of halogens is 1. The molecule has 0 radical (unpaired) electrons. The normalized spacial score (nSPS) is 14.8. The van der Waals surface area contributed by atoms with E-state index in [1.807, 2.05) is 45.0 Å². The highest BCUT2D eigenvalue weighted by molar-refractivity contribution is 6.32. The van der Waals surface area contributed by atoms with Gasteiger partial charge in [-0.15, -0.1) is 0 Å². The molecule has 28 heavy (non-hydrogen) atoms. The predicted octanol–water partition coefficient (Wildman–Crippen LogP) is 5.63. The molecule has 3 rings (SSSR count). The van der Waals surface area contributed by atoms with Crippen molar-refractivity contribution < 1.29 is 14.3 Å². The summed E-state index contributed by atoms with van der Waals surface area (Å²) < 4.78 is 5.83. The monoisotopic (exact) mass is 396 g/mol. The Morgan fingerprint density at radius 3 is 2.61 bits per heavy atom. The largest absolute Gasteiger partial charge is 0.478 e. The van der Waals surface area contributed by atoms with Crippen LogP contribution in [0.5, 0.6) is 0 Å². The van der Waals surface area contributed by atoms with Crippen LogP contribution in [-0.2, 0) is 4.79 Å². The molecule has 0 amide bonds. The lowest BCUT2D eigenvalue weighted by Gasteiger charge is -2.26. The van der Waals surface area contributed by atoms with Gasteiger partial charge in [-0.05, 0) is 36.6 Å². The third-order valence-electron chi connectivity index (χ3n) is 4.50. The number of nitrogens with zero attached hydrogens (tertiary/aromatic N) is 2. The van der Waals surface area contributed by atoms with Crippen LogP contribution < -0.4 is 0 Å². The first kappa shape index (κ1) is 19.7. The highest BCUT2D eigenvalue weighted by atomic mass is 35.5. The number of aromatic nitrogens is 1. The van der Waals surface area contributed by atoms with Crippen molar-refractivity contribution in [3.05, 3.63) is 82.8 Å². The Kier molecular flexibility index (Phi) is 5.56. The number of carbonyl (C=O) groups is 1. The van der Waals surface area contributed by atoms with Gasteiger partial charge in [-0.3, -0.25) is 0 Å². The fraction of sp³-hybridized carbons (Fsp3) is 0.182. The number of rotatable bonds is 5. The minimum Gasteiger partial charge on any atom is -0.478 e. The molecule has 1 N–H and O–H groups in total. The molecule has 0 fully saturated rings. The molecule has 0 aliphatic carbocycles. The number of carboxylic acids is 1. The fourth-order valence-electron chi connectivity index (χ4n) is 3.19. The summed E-state index contributed by atoms with van der Waals surface area (Å²) in [6, 6.07) is 7.85. The summed E-state index contributed by atoms with van der Waals surface area (Å²) in [6.45, 7) is 9.69. The summed E-state index contributed by atoms with van der Waals surface area (Å²) in [4.78, 5) is 17.2. The van der Waals surface area contributed by atoms with E-state index < -0.39 is 5.97 Å². The second-order valence-corrected chi connectivity index (χ2v) is 6.76. The number of allylic oxidation sites excluding steroid dienone is 2. The van der Waals surface area contributed by atoms with Gasteiger partial charge >= 0.3 is 5.97 Å². The first-order chi connectivity index (χ1) is 13.3. The number of aryl methyl sites for hydroxylation is 2. The first-order valence-electron chi connectivity index (χ1n) is 8.87. The van der Waals surface area contributed by atoms with Crippen molar-refractivity contribution in [1.82, 2.24) is 9.88 Å². The van der Waals surface area contributed by atoms with Crippen LogP contribution in [-0.4, -0.2) is 21.0 Å². The molecule has 0 unspecified atom stereocenters. The van der Waals surface area contributed by atoms with E-state index in [2.05, 4.69) is 11.6 Å². The van der Waals surface area contributed by atoms with Crippen LogP contribution in [0, 0.1) is 13.8 Å². The molecule has 0 saturated carbocycles. The van der Waals surface area contributed by atoms with E-state index in [1.54, 1.807) is 11.1 Å². The van der Waals surface area contributed by atoms with Gasteiger partial charge in [0.1, 0.15) is 5.16 Å². The van der Waals surface area contributed by atoms with Gasteiger partial charge in [0, 0.05) is 24.4 Å². The Morgan fingerprint density at radius 2 is 2.04 bits per heavy atom. The van der Waals surface area contributed by atoms with Crippen molar-refractivity contribution >= 4 is 23.1 Å². The maximum atomic E-state index is 11.2. The highest BCUT2D eigenvalue weighted by Crippen LogP contribution is 2.37. The van der Waals surface area contributed by atoms with Gasteiger partial charge in [0.2, 0.25) is 0 Å². The maximum Gasteiger partial charge on any atom is 0.335 e. The lowest BCUT2D eigenvalue weighted by Crippen LogP contribution is -2.17. The zero-order valence-electron chi connectivity index (χ0n) is 16.0. The Morgan fingerprint density at radius 1 is 1.32 bits per heavy atom. The number of oxazole rings is 1. The molecular formula is C22H21ClN2O3. The van der Waals surface area contributed by atoms with E-state index >= 15 is 0 Å². The molecule has 6 heteroatoms.